The summed E-state index contributed by atoms with van der Waals surface area (Å²) in [6.07, 6.45) is 0.404. The van der Waals surface area contributed by atoms with Crippen molar-refractivity contribution in [3.8, 4) is 5.75 Å². The minimum absolute atomic E-state index is 0.277. The Morgan fingerprint density at radius 1 is 0.972 bits per heavy atom. The van der Waals surface area contributed by atoms with Gasteiger partial charge in [-0.15, -0.1) is 0 Å². The number of nitrogens with one attached hydrogen (secondary N) is 1. The number of imide groups is 1. The Kier molecular flexibility index (Phi) is 5.03. The topological polar surface area (TPSA) is 91.9 Å². The fourth-order valence-electron chi connectivity index (χ4n) is 5.33. The van der Waals surface area contributed by atoms with Gasteiger partial charge in [-0.25, -0.2) is 14.5 Å². The number of benzene rings is 3. The summed E-state index contributed by atoms with van der Waals surface area (Å²) in [7, 11) is 2.88. The number of methoxy groups -OCH3 is 2. The first-order valence-corrected chi connectivity index (χ1v) is 11.6. The van der Waals surface area contributed by atoms with E-state index < -0.39 is 24.1 Å². The molecule has 4 aromatic rings. The standard InChI is InChI=1S/C28H23N3O5/c1-35-19-7-5-6-18(14-19)30-26(32)23-15-21-20-8-3-4-9-22(20)29-24(21)25(31(23)28(30)34)16-10-12-17(13-11-16)27(33)36-2/h3-14,23,25,29H,15H2,1-2H3/t23-,25-/m1/s1. The van der Waals surface area contributed by atoms with Gasteiger partial charge in [0.05, 0.1) is 25.5 Å². The first-order chi connectivity index (χ1) is 17.5. The number of rotatable bonds is 4. The molecular formula is C28H23N3O5. The molecular weight excluding hydrogens is 458 g/mol. The van der Waals surface area contributed by atoms with Crippen LogP contribution in [0.2, 0.25) is 0 Å². The van der Waals surface area contributed by atoms with Gasteiger partial charge in [-0.1, -0.05) is 36.4 Å². The maximum absolute atomic E-state index is 13.9. The number of aromatic amines is 1. The third kappa shape index (κ3) is 3.18. The molecule has 0 radical (unpaired) electrons. The van der Waals surface area contributed by atoms with E-state index in [0.29, 0.717) is 23.4 Å². The molecule has 2 atom stereocenters. The SMILES string of the molecule is COC(=O)c1ccc([C@@H]2c3[nH]c4ccccc4c3C[C@@H]3C(=O)N(c4cccc(OC)c4)C(=O)N23)cc1. The normalized spacial score (nSPS) is 18.8. The van der Waals surface area contributed by atoms with E-state index in [2.05, 4.69) is 4.98 Å². The molecule has 3 amide bonds. The maximum atomic E-state index is 13.9. The molecule has 3 heterocycles. The van der Waals surface area contributed by atoms with Gasteiger partial charge in [0.25, 0.3) is 5.91 Å². The highest BCUT2D eigenvalue weighted by molar-refractivity contribution is 6.22. The Bertz CT molecular complexity index is 1520. The van der Waals surface area contributed by atoms with Crippen LogP contribution < -0.4 is 9.64 Å². The lowest BCUT2D eigenvalue weighted by Crippen LogP contribution is -2.44. The summed E-state index contributed by atoms with van der Waals surface area (Å²) in [4.78, 5) is 46.0. The zero-order chi connectivity index (χ0) is 25.0. The summed E-state index contributed by atoms with van der Waals surface area (Å²) < 4.78 is 10.1. The Morgan fingerprint density at radius 2 is 1.75 bits per heavy atom. The summed E-state index contributed by atoms with van der Waals surface area (Å²) in [5.41, 5.74) is 4.49. The molecule has 3 aromatic carbocycles. The van der Waals surface area contributed by atoms with E-state index in [1.54, 1.807) is 60.5 Å². The van der Waals surface area contributed by atoms with Gasteiger partial charge in [0.2, 0.25) is 0 Å². The van der Waals surface area contributed by atoms with Gasteiger partial charge >= 0.3 is 12.0 Å². The average molecular weight is 482 g/mol. The van der Waals surface area contributed by atoms with Crippen LogP contribution in [0.1, 0.15) is 33.2 Å². The fourth-order valence-corrected chi connectivity index (χ4v) is 5.33. The van der Waals surface area contributed by atoms with Gasteiger partial charge < -0.3 is 14.5 Å². The number of esters is 1. The van der Waals surface area contributed by atoms with E-state index in [0.717, 1.165) is 27.7 Å². The molecule has 1 saturated heterocycles. The highest BCUT2D eigenvalue weighted by Gasteiger charge is 2.53. The number of anilines is 1. The van der Waals surface area contributed by atoms with Crippen molar-refractivity contribution in [2.75, 3.05) is 19.1 Å². The summed E-state index contributed by atoms with van der Waals surface area (Å²) in [5.74, 6) is -0.157. The lowest BCUT2D eigenvalue weighted by molar-refractivity contribution is -0.120. The number of carbonyl (C=O) groups is 3. The summed E-state index contributed by atoms with van der Waals surface area (Å²) in [6.45, 7) is 0. The third-order valence-electron chi connectivity index (χ3n) is 7.01. The first kappa shape index (κ1) is 21.9. The molecule has 0 aliphatic carbocycles. The van der Waals surface area contributed by atoms with Crippen LogP contribution in [0.15, 0.2) is 72.8 Å². The van der Waals surface area contributed by atoms with Crippen molar-refractivity contribution in [2.45, 2.75) is 18.5 Å². The number of amides is 3. The van der Waals surface area contributed by atoms with E-state index in [1.807, 2.05) is 24.3 Å². The molecule has 180 valence electrons. The van der Waals surface area contributed by atoms with Gasteiger partial charge in [-0.2, -0.15) is 0 Å². The second kappa shape index (κ2) is 8.27. The second-order valence-electron chi connectivity index (χ2n) is 8.86. The van der Waals surface area contributed by atoms with Crippen LogP contribution >= 0.6 is 0 Å². The van der Waals surface area contributed by atoms with Crippen molar-refractivity contribution in [1.82, 2.24) is 9.88 Å². The van der Waals surface area contributed by atoms with Crippen molar-refractivity contribution in [1.29, 1.82) is 0 Å². The summed E-state index contributed by atoms with van der Waals surface area (Å²) in [6, 6.07) is 20.2. The lowest BCUT2D eigenvalue weighted by atomic mass is 9.88. The number of para-hydroxylation sites is 1. The Hall–Kier alpha value is -4.59. The molecule has 6 rings (SSSR count). The van der Waals surface area contributed by atoms with E-state index in [9.17, 15) is 14.4 Å². The minimum Gasteiger partial charge on any atom is -0.497 e. The molecule has 1 fully saturated rings. The van der Waals surface area contributed by atoms with Crippen LogP contribution in [0.5, 0.6) is 5.75 Å². The zero-order valence-corrected chi connectivity index (χ0v) is 19.7. The molecule has 0 spiro atoms. The summed E-state index contributed by atoms with van der Waals surface area (Å²) in [5, 5.41) is 1.03. The number of nitrogens with zero attached hydrogens (tertiary/aromatic N) is 2. The van der Waals surface area contributed by atoms with Gasteiger partial charge in [0.1, 0.15) is 17.8 Å². The predicted octanol–water partition coefficient (Wildman–Crippen LogP) is 4.45. The minimum atomic E-state index is -0.666. The molecule has 1 N–H and O–H groups in total. The molecule has 8 nitrogen and oxygen atoms in total. The van der Waals surface area contributed by atoms with Gasteiger partial charge in [-0.3, -0.25) is 9.69 Å². The van der Waals surface area contributed by atoms with Crippen LogP contribution in [0, 0.1) is 0 Å². The lowest BCUT2D eigenvalue weighted by Gasteiger charge is -2.36. The van der Waals surface area contributed by atoms with Crippen LogP contribution in [0.4, 0.5) is 10.5 Å². The number of hydrogen-bond acceptors (Lipinski definition) is 5. The smallest absolute Gasteiger partial charge is 0.337 e. The van der Waals surface area contributed by atoms with Gasteiger partial charge in [0.15, 0.2) is 0 Å². The quantitative estimate of drug-likeness (QED) is 0.344. The molecule has 0 bridgehead atoms. The predicted molar refractivity (Wildman–Crippen MR) is 133 cm³/mol. The third-order valence-corrected chi connectivity index (χ3v) is 7.01. The van der Waals surface area contributed by atoms with E-state index in [1.165, 1.54) is 12.0 Å². The fraction of sp³-hybridized carbons (Fsp3) is 0.179. The van der Waals surface area contributed by atoms with Gasteiger partial charge in [0, 0.05) is 29.1 Å². The number of carbonyl (C=O) groups excluding carboxylic acids is 3. The molecule has 2 aliphatic heterocycles. The highest BCUT2D eigenvalue weighted by atomic mass is 16.5. The van der Waals surface area contributed by atoms with Gasteiger partial charge in [-0.05, 0) is 41.5 Å². The summed E-state index contributed by atoms with van der Waals surface area (Å²) >= 11 is 0. The monoisotopic (exact) mass is 481 g/mol. The molecule has 8 heteroatoms. The first-order valence-electron chi connectivity index (χ1n) is 11.6. The Labute approximate surface area is 207 Å². The number of aromatic nitrogens is 1. The Balaban J connectivity index is 1.50. The number of urea groups is 1. The molecule has 1 aromatic heterocycles. The zero-order valence-electron chi connectivity index (χ0n) is 19.7. The number of fused-ring (bicyclic) bond motifs is 4. The van der Waals surface area contributed by atoms with Crippen LogP contribution in [0.25, 0.3) is 10.9 Å². The van der Waals surface area contributed by atoms with E-state index in [-0.39, 0.29) is 5.91 Å². The second-order valence-corrected chi connectivity index (χ2v) is 8.86. The van der Waals surface area contributed by atoms with E-state index >= 15 is 0 Å². The van der Waals surface area contributed by atoms with Crippen molar-refractivity contribution in [3.05, 3.63) is 95.2 Å². The van der Waals surface area contributed by atoms with Crippen LogP contribution in [-0.2, 0) is 16.0 Å². The number of H-pyrrole nitrogens is 1. The largest absolute Gasteiger partial charge is 0.497 e. The molecule has 0 unspecified atom stereocenters. The number of ether oxygens (including phenoxy) is 2. The molecule has 0 saturated carbocycles. The van der Waals surface area contributed by atoms with E-state index in [4.69, 9.17) is 9.47 Å². The molecule has 2 aliphatic rings. The van der Waals surface area contributed by atoms with Crippen molar-refractivity contribution in [2.24, 2.45) is 0 Å². The maximum Gasteiger partial charge on any atom is 0.337 e. The number of hydrogen-bond donors (Lipinski definition) is 1. The van der Waals surface area contributed by atoms with Crippen molar-refractivity contribution in [3.63, 3.8) is 0 Å². The van der Waals surface area contributed by atoms with Crippen molar-refractivity contribution >= 4 is 34.5 Å². The van der Waals surface area contributed by atoms with Crippen molar-refractivity contribution < 1.29 is 23.9 Å². The van der Waals surface area contributed by atoms with Crippen LogP contribution in [-0.4, -0.2) is 48.1 Å². The van der Waals surface area contributed by atoms with Crippen LogP contribution in [0.3, 0.4) is 0 Å². The highest BCUT2D eigenvalue weighted by Crippen LogP contribution is 2.45. The Morgan fingerprint density at radius 3 is 2.50 bits per heavy atom. The molecule has 36 heavy (non-hydrogen) atoms. The average Bonchev–Trinajstić information content (AvgIpc) is 3.41.